The number of benzene rings is 1. The third-order valence-corrected chi connectivity index (χ3v) is 4.60. The Balaban J connectivity index is 1.79. The van der Waals surface area contributed by atoms with Gasteiger partial charge in [-0.2, -0.15) is 5.10 Å². The summed E-state index contributed by atoms with van der Waals surface area (Å²) in [4.78, 5) is 39.2. The van der Waals surface area contributed by atoms with Gasteiger partial charge >= 0.3 is 5.97 Å². The summed E-state index contributed by atoms with van der Waals surface area (Å²) in [6.07, 6.45) is 0.573. The van der Waals surface area contributed by atoms with Gasteiger partial charge in [-0.05, 0) is 26.3 Å². The molecule has 0 N–H and O–H groups in total. The number of hydrogen-bond donors (Lipinski definition) is 0. The molecule has 1 saturated heterocycles. The number of aryl methyl sites for hydroxylation is 1. The van der Waals surface area contributed by atoms with Crippen LogP contribution in [0, 0.1) is 0 Å². The number of morpholine rings is 1. The van der Waals surface area contributed by atoms with Crippen LogP contribution in [0.4, 0.5) is 0 Å². The molecule has 8 nitrogen and oxygen atoms in total. The topological polar surface area (TPSA) is 90.7 Å². The maximum Gasteiger partial charge on any atom is 0.359 e. The molecule has 0 aliphatic carbocycles. The number of carbonyl (C=O) groups excluding carboxylic acids is 2. The lowest BCUT2D eigenvalue weighted by atomic mass is 10.1. The molecule has 2 heterocycles. The number of fused-ring (bicyclic) bond motifs is 1. The van der Waals surface area contributed by atoms with Crippen LogP contribution in [-0.4, -0.2) is 58.5 Å². The monoisotopic (exact) mass is 387 g/mol. The van der Waals surface area contributed by atoms with Gasteiger partial charge in [0.1, 0.15) is 0 Å². The van der Waals surface area contributed by atoms with Crippen LogP contribution in [0.3, 0.4) is 0 Å². The molecule has 8 heteroatoms. The average Bonchev–Trinajstić information content (AvgIpc) is 2.67. The van der Waals surface area contributed by atoms with Gasteiger partial charge in [-0.1, -0.05) is 25.1 Å². The summed E-state index contributed by atoms with van der Waals surface area (Å²) in [6, 6.07) is 6.78. The van der Waals surface area contributed by atoms with Gasteiger partial charge in [-0.3, -0.25) is 9.59 Å². The van der Waals surface area contributed by atoms with Crippen LogP contribution in [0.1, 0.15) is 37.7 Å². The lowest BCUT2D eigenvalue weighted by Crippen LogP contribution is -2.49. The predicted octanol–water partition coefficient (Wildman–Crippen LogP) is 1.60. The fourth-order valence-electron chi connectivity index (χ4n) is 3.42. The van der Waals surface area contributed by atoms with E-state index in [0.717, 1.165) is 0 Å². The van der Waals surface area contributed by atoms with Crippen LogP contribution in [-0.2, 0) is 20.8 Å². The van der Waals surface area contributed by atoms with Crippen LogP contribution in [0.25, 0.3) is 10.8 Å². The molecule has 2 atom stereocenters. The molecule has 2 unspecified atom stereocenters. The van der Waals surface area contributed by atoms with Gasteiger partial charge in [-0.25, -0.2) is 9.48 Å². The molecule has 0 spiro atoms. The summed E-state index contributed by atoms with van der Waals surface area (Å²) in [7, 11) is 0. The average molecular weight is 387 g/mol. The molecular weight excluding hydrogens is 362 g/mol. The van der Waals surface area contributed by atoms with E-state index in [1.807, 2.05) is 20.8 Å². The fourth-order valence-corrected chi connectivity index (χ4v) is 3.42. The van der Waals surface area contributed by atoms with Crippen molar-refractivity contribution >= 4 is 22.6 Å². The molecule has 150 valence electrons. The zero-order valence-electron chi connectivity index (χ0n) is 16.4. The molecule has 0 radical (unpaired) electrons. The fraction of sp³-hybridized carbons (Fsp3) is 0.500. The number of hydrogen-bond acceptors (Lipinski definition) is 6. The molecular formula is C20H25N3O5. The highest BCUT2D eigenvalue weighted by atomic mass is 16.5. The van der Waals surface area contributed by atoms with Crippen molar-refractivity contribution in [2.45, 2.75) is 45.9 Å². The van der Waals surface area contributed by atoms with Gasteiger partial charge < -0.3 is 14.4 Å². The van der Waals surface area contributed by atoms with E-state index in [9.17, 15) is 14.4 Å². The predicted molar refractivity (Wildman–Crippen MR) is 103 cm³/mol. The minimum Gasteiger partial charge on any atom is -0.451 e. The minimum atomic E-state index is -0.719. The SMILES string of the molecule is CCCn1nc(C(=O)OCC(=O)N2CC(C)OC(C)C2)c2ccccc2c1=O. The quantitative estimate of drug-likeness (QED) is 0.724. The van der Waals surface area contributed by atoms with Crippen molar-refractivity contribution < 1.29 is 19.1 Å². The molecule has 1 aromatic heterocycles. The van der Waals surface area contributed by atoms with Gasteiger partial charge in [0.25, 0.3) is 11.5 Å². The van der Waals surface area contributed by atoms with Crippen molar-refractivity contribution in [1.29, 1.82) is 0 Å². The van der Waals surface area contributed by atoms with Gasteiger partial charge in [0, 0.05) is 25.0 Å². The second-order valence-electron chi connectivity index (χ2n) is 7.05. The summed E-state index contributed by atoms with van der Waals surface area (Å²) in [5.41, 5.74) is -0.207. The molecule has 2 aromatic rings. The van der Waals surface area contributed by atoms with Gasteiger partial charge in [-0.15, -0.1) is 0 Å². The van der Waals surface area contributed by atoms with Gasteiger partial charge in [0.05, 0.1) is 17.6 Å². The first-order chi connectivity index (χ1) is 13.4. The maximum atomic E-state index is 12.6. The van der Waals surface area contributed by atoms with E-state index >= 15 is 0 Å². The van der Waals surface area contributed by atoms with Gasteiger partial charge in [0.2, 0.25) is 0 Å². The largest absolute Gasteiger partial charge is 0.451 e. The van der Waals surface area contributed by atoms with E-state index < -0.39 is 5.97 Å². The standard InChI is InChI=1S/C20H25N3O5/c1-4-9-23-19(25)16-8-6-5-7-15(16)18(21-23)20(26)27-12-17(24)22-10-13(2)28-14(3)11-22/h5-8,13-14H,4,9-12H2,1-3H3. The number of amides is 1. The van der Waals surface area contributed by atoms with Crippen LogP contribution in [0.15, 0.2) is 29.1 Å². The summed E-state index contributed by atoms with van der Waals surface area (Å²) < 4.78 is 12.1. The second kappa shape index (κ2) is 8.52. The number of aromatic nitrogens is 2. The molecule has 3 rings (SSSR count). The Hall–Kier alpha value is -2.74. The summed E-state index contributed by atoms with van der Waals surface area (Å²) in [5, 5.41) is 5.01. The Bertz CT molecular complexity index is 929. The number of esters is 1. The van der Waals surface area contributed by atoms with E-state index in [0.29, 0.717) is 36.8 Å². The van der Waals surface area contributed by atoms with E-state index in [1.54, 1.807) is 29.2 Å². The zero-order chi connectivity index (χ0) is 20.3. The number of carbonyl (C=O) groups is 2. The molecule has 1 aromatic carbocycles. The molecule has 28 heavy (non-hydrogen) atoms. The van der Waals surface area contributed by atoms with E-state index in [1.165, 1.54) is 4.68 Å². The van der Waals surface area contributed by atoms with Crippen molar-refractivity contribution in [2.75, 3.05) is 19.7 Å². The molecule has 1 fully saturated rings. The van der Waals surface area contributed by atoms with E-state index in [-0.39, 0.29) is 36.0 Å². The zero-order valence-corrected chi connectivity index (χ0v) is 16.4. The molecule has 0 bridgehead atoms. The van der Waals surface area contributed by atoms with Crippen molar-refractivity contribution in [3.8, 4) is 0 Å². The Morgan fingerprint density at radius 3 is 2.46 bits per heavy atom. The van der Waals surface area contributed by atoms with Crippen LogP contribution in [0.2, 0.25) is 0 Å². The molecule has 0 saturated carbocycles. The molecule has 1 amide bonds. The van der Waals surface area contributed by atoms with E-state index in [2.05, 4.69) is 5.10 Å². The van der Waals surface area contributed by atoms with Crippen LogP contribution in [0.5, 0.6) is 0 Å². The highest BCUT2D eigenvalue weighted by Crippen LogP contribution is 2.15. The van der Waals surface area contributed by atoms with Crippen molar-refractivity contribution in [3.63, 3.8) is 0 Å². The Morgan fingerprint density at radius 2 is 1.82 bits per heavy atom. The highest BCUT2D eigenvalue weighted by molar-refractivity contribution is 6.02. The van der Waals surface area contributed by atoms with Crippen LogP contribution < -0.4 is 5.56 Å². The Labute approximate surface area is 163 Å². The lowest BCUT2D eigenvalue weighted by Gasteiger charge is -2.35. The lowest BCUT2D eigenvalue weighted by molar-refractivity contribution is -0.146. The molecule has 1 aliphatic rings. The summed E-state index contributed by atoms with van der Waals surface area (Å²) >= 11 is 0. The smallest absolute Gasteiger partial charge is 0.359 e. The number of nitrogens with zero attached hydrogens (tertiary/aromatic N) is 3. The van der Waals surface area contributed by atoms with Crippen molar-refractivity contribution in [1.82, 2.24) is 14.7 Å². The van der Waals surface area contributed by atoms with Crippen LogP contribution >= 0.6 is 0 Å². The first kappa shape index (κ1) is 20.0. The Kier molecular flexibility index (Phi) is 6.08. The van der Waals surface area contributed by atoms with Crippen molar-refractivity contribution in [2.24, 2.45) is 0 Å². The Morgan fingerprint density at radius 1 is 1.18 bits per heavy atom. The third kappa shape index (κ3) is 4.22. The highest BCUT2D eigenvalue weighted by Gasteiger charge is 2.27. The number of ether oxygens (including phenoxy) is 2. The third-order valence-electron chi connectivity index (χ3n) is 4.60. The normalized spacial score (nSPS) is 19.6. The van der Waals surface area contributed by atoms with Crippen molar-refractivity contribution in [3.05, 3.63) is 40.3 Å². The second-order valence-corrected chi connectivity index (χ2v) is 7.05. The number of rotatable bonds is 5. The van der Waals surface area contributed by atoms with E-state index in [4.69, 9.17) is 9.47 Å². The summed E-state index contributed by atoms with van der Waals surface area (Å²) in [5.74, 6) is -0.995. The maximum absolute atomic E-state index is 12.6. The van der Waals surface area contributed by atoms with Gasteiger partial charge in [0.15, 0.2) is 12.3 Å². The first-order valence-electron chi connectivity index (χ1n) is 9.51. The summed E-state index contributed by atoms with van der Waals surface area (Å²) in [6.45, 7) is 6.66. The minimum absolute atomic E-state index is 0.0418. The molecule has 1 aliphatic heterocycles. The first-order valence-corrected chi connectivity index (χ1v) is 9.51.